The van der Waals surface area contributed by atoms with Gasteiger partial charge in [0, 0.05) is 19.9 Å². The van der Waals surface area contributed by atoms with E-state index >= 15 is 0 Å². The largest absolute Gasteiger partial charge is 0.370 e. The van der Waals surface area contributed by atoms with Crippen LogP contribution in [0.25, 0.3) is 0 Å². The standard InChI is InChI=1S/C8H15NO.C2H5NO/c1-6-3-4-8(5-6)9-7(2)10;1-2(3)4/h6,8H,3-5H2,1-2H3,(H,9,10);1H3,(H2,3,4)/t6-,8+;/m0./s1. The van der Waals surface area contributed by atoms with E-state index in [2.05, 4.69) is 18.0 Å². The Balaban J connectivity index is 0.000000364. The number of carbonyl (C=O) groups excluding carboxylic acids is 2. The third-order valence-electron chi connectivity index (χ3n) is 2.10. The molecule has 0 saturated heterocycles. The van der Waals surface area contributed by atoms with Gasteiger partial charge in [-0.25, -0.2) is 0 Å². The number of rotatable bonds is 1. The Hall–Kier alpha value is -1.06. The maximum atomic E-state index is 10.6. The second-order valence-corrected chi connectivity index (χ2v) is 3.93. The molecule has 0 aliphatic heterocycles. The first-order valence-electron chi connectivity index (χ1n) is 4.95. The van der Waals surface area contributed by atoms with E-state index in [9.17, 15) is 9.59 Å². The number of primary amides is 1. The topological polar surface area (TPSA) is 72.2 Å². The Bertz CT molecular complexity index is 200. The molecule has 0 heterocycles. The Morgan fingerprint density at radius 1 is 1.29 bits per heavy atom. The molecule has 2 amide bonds. The monoisotopic (exact) mass is 200 g/mol. The predicted octanol–water partition coefficient (Wildman–Crippen LogP) is 0.803. The lowest BCUT2D eigenvalue weighted by atomic mass is 10.1. The van der Waals surface area contributed by atoms with Crippen molar-refractivity contribution in [3.05, 3.63) is 0 Å². The Labute approximate surface area is 85.2 Å². The molecule has 1 aliphatic carbocycles. The molecule has 1 aliphatic rings. The minimum absolute atomic E-state index is 0.110. The van der Waals surface area contributed by atoms with E-state index in [1.165, 1.54) is 26.2 Å². The zero-order chi connectivity index (χ0) is 11.1. The highest BCUT2D eigenvalue weighted by Crippen LogP contribution is 2.24. The highest BCUT2D eigenvalue weighted by atomic mass is 16.1. The average molecular weight is 200 g/mol. The zero-order valence-electron chi connectivity index (χ0n) is 9.17. The number of nitrogens with two attached hydrogens (primary N) is 1. The third kappa shape index (κ3) is 7.58. The fraction of sp³-hybridized carbons (Fsp3) is 0.800. The average Bonchev–Trinajstić information content (AvgIpc) is 2.32. The van der Waals surface area contributed by atoms with Crippen molar-refractivity contribution in [2.24, 2.45) is 11.7 Å². The van der Waals surface area contributed by atoms with E-state index in [1.54, 1.807) is 6.92 Å². The van der Waals surface area contributed by atoms with Gasteiger partial charge in [-0.3, -0.25) is 9.59 Å². The van der Waals surface area contributed by atoms with Crippen LogP contribution in [-0.4, -0.2) is 17.9 Å². The molecule has 82 valence electrons. The summed E-state index contributed by atoms with van der Waals surface area (Å²) in [7, 11) is 0. The lowest BCUT2D eigenvalue weighted by Crippen LogP contribution is -2.30. The molecule has 1 rings (SSSR count). The Morgan fingerprint density at radius 2 is 1.79 bits per heavy atom. The van der Waals surface area contributed by atoms with Crippen molar-refractivity contribution < 1.29 is 9.59 Å². The molecular formula is C10H20N2O2. The van der Waals surface area contributed by atoms with Crippen LogP contribution in [0.3, 0.4) is 0 Å². The number of carbonyl (C=O) groups is 2. The fourth-order valence-corrected chi connectivity index (χ4v) is 1.63. The Morgan fingerprint density at radius 3 is 2.07 bits per heavy atom. The van der Waals surface area contributed by atoms with Crippen LogP contribution in [0, 0.1) is 5.92 Å². The van der Waals surface area contributed by atoms with Crippen molar-refractivity contribution in [2.45, 2.75) is 46.1 Å². The van der Waals surface area contributed by atoms with Gasteiger partial charge in [-0.1, -0.05) is 6.92 Å². The van der Waals surface area contributed by atoms with Crippen LogP contribution in [0.5, 0.6) is 0 Å². The van der Waals surface area contributed by atoms with Crippen LogP contribution < -0.4 is 11.1 Å². The zero-order valence-corrected chi connectivity index (χ0v) is 9.17. The van der Waals surface area contributed by atoms with E-state index < -0.39 is 0 Å². The SMILES string of the molecule is CC(=O)N[C@@H]1CC[C@H](C)C1.CC(N)=O. The normalized spacial score (nSPS) is 24.8. The van der Waals surface area contributed by atoms with E-state index in [1.807, 2.05) is 0 Å². The molecular weight excluding hydrogens is 180 g/mol. The van der Waals surface area contributed by atoms with Crippen LogP contribution in [0.15, 0.2) is 0 Å². The van der Waals surface area contributed by atoms with Gasteiger partial charge in [-0.05, 0) is 25.2 Å². The van der Waals surface area contributed by atoms with Crippen molar-refractivity contribution in [3.8, 4) is 0 Å². The van der Waals surface area contributed by atoms with E-state index in [0.717, 1.165) is 5.92 Å². The summed E-state index contributed by atoms with van der Waals surface area (Å²) in [5.74, 6) is 0.580. The number of hydrogen-bond acceptors (Lipinski definition) is 2. The first-order valence-corrected chi connectivity index (χ1v) is 4.95. The minimum Gasteiger partial charge on any atom is -0.370 e. The molecule has 14 heavy (non-hydrogen) atoms. The van der Waals surface area contributed by atoms with Gasteiger partial charge >= 0.3 is 0 Å². The Kier molecular flexibility index (Phi) is 5.92. The summed E-state index contributed by atoms with van der Waals surface area (Å²) in [5.41, 5.74) is 4.47. The highest BCUT2D eigenvalue weighted by Gasteiger charge is 2.21. The van der Waals surface area contributed by atoms with Crippen LogP contribution >= 0.6 is 0 Å². The molecule has 0 spiro atoms. The minimum atomic E-state index is -0.333. The van der Waals surface area contributed by atoms with Gasteiger partial charge in [-0.2, -0.15) is 0 Å². The molecule has 1 fully saturated rings. The molecule has 3 N–H and O–H groups in total. The first kappa shape index (κ1) is 12.9. The molecule has 0 bridgehead atoms. The summed E-state index contributed by atoms with van der Waals surface area (Å²) >= 11 is 0. The maximum absolute atomic E-state index is 10.6. The number of nitrogens with one attached hydrogen (secondary N) is 1. The second-order valence-electron chi connectivity index (χ2n) is 3.93. The van der Waals surface area contributed by atoms with Gasteiger partial charge < -0.3 is 11.1 Å². The van der Waals surface area contributed by atoms with Gasteiger partial charge in [0.2, 0.25) is 11.8 Å². The summed E-state index contributed by atoms with van der Waals surface area (Å²) < 4.78 is 0. The predicted molar refractivity (Wildman–Crippen MR) is 55.5 cm³/mol. The summed E-state index contributed by atoms with van der Waals surface area (Å²) in [6, 6.07) is 0.465. The summed E-state index contributed by atoms with van der Waals surface area (Å²) in [6.07, 6.45) is 3.60. The van der Waals surface area contributed by atoms with Crippen molar-refractivity contribution >= 4 is 11.8 Å². The molecule has 4 heteroatoms. The van der Waals surface area contributed by atoms with Crippen LogP contribution in [0.4, 0.5) is 0 Å². The molecule has 0 radical (unpaired) electrons. The van der Waals surface area contributed by atoms with E-state index in [0.29, 0.717) is 6.04 Å². The molecule has 0 aromatic heterocycles. The van der Waals surface area contributed by atoms with Gasteiger partial charge in [0.25, 0.3) is 0 Å². The number of hydrogen-bond donors (Lipinski definition) is 2. The summed E-state index contributed by atoms with van der Waals surface area (Å²) in [6.45, 7) is 5.13. The van der Waals surface area contributed by atoms with Crippen molar-refractivity contribution in [3.63, 3.8) is 0 Å². The van der Waals surface area contributed by atoms with Crippen molar-refractivity contribution in [1.29, 1.82) is 0 Å². The summed E-state index contributed by atoms with van der Waals surface area (Å²) in [4.78, 5) is 19.8. The fourth-order valence-electron chi connectivity index (χ4n) is 1.63. The smallest absolute Gasteiger partial charge is 0.217 e. The van der Waals surface area contributed by atoms with Gasteiger partial charge in [0.05, 0.1) is 0 Å². The van der Waals surface area contributed by atoms with Crippen molar-refractivity contribution in [2.75, 3.05) is 0 Å². The van der Waals surface area contributed by atoms with Crippen LogP contribution in [0.2, 0.25) is 0 Å². The lowest BCUT2D eigenvalue weighted by molar-refractivity contribution is -0.119. The summed E-state index contributed by atoms with van der Waals surface area (Å²) in [5, 5.41) is 2.93. The van der Waals surface area contributed by atoms with Gasteiger partial charge in [0.1, 0.15) is 0 Å². The van der Waals surface area contributed by atoms with Crippen LogP contribution in [0.1, 0.15) is 40.0 Å². The number of amides is 2. The lowest BCUT2D eigenvalue weighted by Gasteiger charge is -2.09. The molecule has 1 saturated carbocycles. The third-order valence-corrected chi connectivity index (χ3v) is 2.10. The molecule has 2 atom stereocenters. The molecule has 0 aromatic rings. The van der Waals surface area contributed by atoms with Crippen LogP contribution in [-0.2, 0) is 9.59 Å². The molecule has 0 unspecified atom stereocenters. The van der Waals surface area contributed by atoms with Gasteiger partial charge in [-0.15, -0.1) is 0 Å². The molecule has 0 aromatic carbocycles. The quantitative estimate of drug-likeness (QED) is 0.657. The van der Waals surface area contributed by atoms with E-state index in [4.69, 9.17) is 0 Å². The van der Waals surface area contributed by atoms with Crippen molar-refractivity contribution in [1.82, 2.24) is 5.32 Å². The first-order chi connectivity index (χ1) is 6.41. The van der Waals surface area contributed by atoms with E-state index in [-0.39, 0.29) is 11.8 Å². The second kappa shape index (κ2) is 6.40. The maximum Gasteiger partial charge on any atom is 0.217 e. The van der Waals surface area contributed by atoms with Gasteiger partial charge in [0.15, 0.2) is 0 Å². The highest BCUT2D eigenvalue weighted by molar-refractivity contribution is 5.73. The molecule has 4 nitrogen and oxygen atoms in total.